The van der Waals surface area contributed by atoms with Crippen LogP contribution in [-0.4, -0.2) is 18.4 Å². The normalized spacial score (nSPS) is 13.9. The van der Waals surface area contributed by atoms with Crippen molar-refractivity contribution in [2.24, 2.45) is 0 Å². The molecule has 0 N–H and O–H groups in total. The third-order valence-corrected chi connectivity index (χ3v) is 6.30. The van der Waals surface area contributed by atoms with Crippen molar-refractivity contribution in [3.05, 3.63) is 88.2 Å². The molecule has 6 heteroatoms. The number of furan rings is 1. The Balaban J connectivity index is 1.78. The Labute approximate surface area is 192 Å². The lowest BCUT2D eigenvalue weighted by molar-refractivity contribution is -0.119. The number of carbonyl (C=O) groups is 2. The van der Waals surface area contributed by atoms with Crippen LogP contribution in [0.3, 0.4) is 0 Å². The van der Waals surface area contributed by atoms with Gasteiger partial charge in [0.15, 0.2) is 0 Å². The van der Waals surface area contributed by atoms with Crippen molar-refractivity contribution in [1.82, 2.24) is 0 Å². The second kappa shape index (κ2) is 9.49. The molecule has 32 heavy (non-hydrogen) atoms. The second-order valence-electron chi connectivity index (χ2n) is 7.65. The van der Waals surface area contributed by atoms with E-state index in [0.717, 1.165) is 28.9 Å². The van der Waals surface area contributed by atoms with Crippen LogP contribution in [0, 0.1) is 13.8 Å². The molecule has 0 aliphatic carbocycles. The van der Waals surface area contributed by atoms with Crippen LogP contribution in [0.4, 0.5) is 5.69 Å². The monoisotopic (exact) mass is 447 g/mol. The average Bonchev–Trinajstić information content (AvgIpc) is 3.38. The number of ether oxygens (including phenoxy) is 1. The summed E-state index contributed by atoms with van der Waals surface area (Å²) >= 11 is 1.32. The van der Waals surface area contributed by atoms with Crippen LogP contribution in [0.2, 0.25) is 0 Å². The summed E-state index contributed by atoms with van der Waals surface area (Å²) in [5.74, 6) is 1.05. The number of carbonyl (C=O) groups excluding carboxylic acids is 2. The number of nitrogens with zero attached hydrogens (tertiary/aromatic N) is 1. The molecule has 0 unspecified atom stereocenters. The molecule has 5 nitrogen and oxygen atoms in total. The molecule has 1 aliphatic rings. The number of para-hydroxylation sites is 2. The predicted octanol–water partition coefficient (Wildman–Crippen LogP) is 5.90. The first-order valence-electron chi connectivity index (χ1n) is 10.6. The van der Waals surface area contributed by atoms with E-state index in [-0.39, 0.29) is 11.8 Å². The number of hydrogen-bond donors (Lipinski definition) is 0. The summed E-state index contributed by atoms with van der Waals surface area (Å²) in [6, 6.07) is 16.8. The van der Waals surface area contributed by atoms with Gasteiger partial charge in [0.25, 0.3) is 11.8 Å². The molecule has 2 aromatic carbocycles. The molecule has 2 amide bonds. The van der Waals surface area contributed by atoms with Crippen LogP contribution < -0.4 is 9.64 Å². The summed E-state index contributed by atoms with van der Waals surface area (Å²) in [6.07, 6.45) is 2.43. The fraction of sp³-hybridized carbons (Fsp3) is 0.231. The zero-order valence-electron chi connectivity index (χ0n) is 18.4. The second-order valence-corrected chi connectivity index (χ2v) is 8.64. The Hall–Kier alpha value is -3.25. The number of rotatable bonds is 8. The van der Waals surface area contributed by atoms with Gasteiger partial charge < -0.3 is 9.15 Å². The van der Waals surface area contributed by atoms with Gasteiger partial charge in [0.05, 0.1) is 34.8 Å². The quantitative estimate of drug-likeness (QED) is 0.402. The molecule has 0 saturated heterocycles. The maximum absolute atomic E-state index is 13.7. The van der Waals surface area contributed by atoms with Crippen LogP contribution in [0.25, 0.3) is 5.57 Å². The van der Waals surface area contributed by atoms with Crippen LogP contribution in [-0.2, 0) is 15.3 Å². The Morgan fingerprint density at radius 1 is 1.00 bits per heavy atom. The topological polar surface area (TPSA) is 59.8 Å². The highest BCUT2D eigenvalue weighted by Crippen LogP contribution is 2.42. The molecular weight excluding hydrogens is 422 g/mol. The maximum Gasteiger partial charge on any atom is 0.272 e. The van der Waals surface area contributed by atoms with Crippen LogP contribution in [0.5, 0.6) is 5.75 Å². The van der Waals surface area contributed by atoms with E-state index in [4.69, 9.17) is 9.15 Å². The highest BCUT2D eigenvalue weighted by atomic mass is 32.2. The van der Waals surface area contributed by atoms with Crippen molar-refractivity contribution in [2.45, 2.75) is 32.9 Å². The summed E-state index contributed by atoms with van der Waals surface area (Å²) in [7, 11) is 0. The minimum Gasteiger partial charge on any atom is -0.491 e. The number of amides is 2. The highest BCUT2D eigenvalue weighted by Gasteiger charge is 2.41. The summed E-state index contributed by atoms with van der Waals surface area (Å²) in [5.41, 5.74) is 3.71. The number of imide groups is 1. The first-order chi connectivity index (χ1) is 15.5. The fourth-order valence-electron chi connectivity index (χ4n) is 3.71. The fourth-order valence-corrected chi connectivity index (χ4v) is 4.72. The van der Waals surface area contributed by atoms with Crippen LogP contribution >= 0.6 is 11.8 Å². The number of aryl methyl sites for hydroxylation is 2. The van der Waals surface area contributed by atoms with E-state index in [1.54, 1.807) is 24.5 Å². The van der Waals surface area contributed by atoms with Gasteiger partial charge in [-0.2, -0.15) is 0 Å². The summed E-state index contributed by atoms with van der Waals surface area (Å²) in [5, 5.41) is 0. The lowest BCUT2D eigenvalue weighted by Crippen LogP contribution is -2.31. The van der Waals surface area contributed by atoms with Gasteiger partial charge in [0.2, 0.25) is 0 Å². The Bertz CT molecular complexity index is 1180. The molecule has 164 valence electrons. The molecule has 0 saturated carbocycles. The molecular formula is C26H25NO4S. The number of anilines is 1. The summed E-state index contributed by atoms with van der Waals surface area (Å²) in [4.78, 5) is 29.0. The van der Waals surface area contributed by atoms with Gasteiger partial charge in [-0.1, -0.05) is 42.8 Å². The molecule has 0 radical (unpaired) electrons. The largest absolute Gasteiger partial charge is 0.491 e. The van der Waals surface area contributed by atoms with Crippen molar-refractivity contribution in [2.75, 3.05) is 11.5 Å². The third kappa shape index (κ3) is 4.23. The zero-order valence-corrected chi connectivity index (χ0v) is 19.2. The Kier molecular flexibility index (Phi) is 6.51. The standard InChI is InChI=1S/C26H25NO4S/c1-4-13-31-22-10-6-5-9-21(22)27-25(28)23(20-12-11-17(2)15-18(20)3)24(26(27)29)32-16-19-8-7-14-30-19/h5-12,14-15H,4,13,16H2,1-3H3. The third-order valence-electron chi connectivity index (χ3n) is 5.20. The number of benzene rings is 2. The van der Waals surface area contributed by atoms with E-state index in [2.05, 4.69) is 0 Å². The summed E-state index contributed by atoms with van der Waals surface area (Å²) < 4.78 is 11.3. The van der Waals surface area contributed by atoms with Crippen molar-refractivity contribution in [3.8, 4) is 5.75 Å². The molecule has 4 rings (SSSR count). The Morgan fingerprint density at radius 3 is 2.53 bits per heavy atom. The first-order valence-corrected chi connectivity index (χ1v) is 11.6. The van der Waals surface area contributed by atoms with Gasteiger partial charge in [-0.3, -0.25) is 9.59 Å². The van der Waals surface area contributed by atoms with Crippen molar-refractivity contribution in [3.63, 3.8) is 0 Å². The predicted molar refractivity (Wildman–Crippen MR) is 128 cm³/mol. The van der Waals surface area contributed by atoms with Crippen molar-refractivity contribution < 1.29 is 18.7 Å². The van der Waals surface area contributed by atoms with E-state index in [1.165, 1.54) is 16.7 Å². The van der Waals surface area contributed by atoms with E-state index in [9.17, 15) is 9.59 Å². The SMILES string of the molecule is CCCOc1ccccc1N1C(=O)C(SCc2ccco2)=C(c2ccc(C)cc2C)C1=O. The average molecular weight is 448 g/mol. The zero-order chi connectivity index (χ0) is 22.7. The van der Waals surface area contributed by atoms with Gasteiger partial charge in [0.1, 0.15) is 11.5 Å². The number of thioether (sulfide) groups is 1. The summed E-state index contributed by atoms with van der Waals surface area (Å²) in [6.45, 7) is 6.48. The van der Waals surface area contributed by atoms with E-state index >= 15 is 0 Å². The van der Waals surface area contributed by atoms with E-state index in [1.807, 2.05) is 57.2 Å². The molecule has 2 heterocycles. The van der Waals surface area contributed by atoms with Gasteiger partial charge in [-0.25, -0.2) is 4.90 Å². The van der Waals surface area contributed by atoms with Gasteiger partial charge >= 0.3 is 0 Å². The molecule has 0 fully saturated rings. The molecule has 0 spiro atoms. The van der Waals surface area contributed by atoms with Crippen LogP contribution in [0.15, 0.2) is 70.2 Å². The molecule has 1 aliphatic heterocycles. The first kappa shape index (κ1) is 22.0. The molecule has 0 bridgehead atoms. The smallest absolute Gasteiger partial charge is 0.272 e. The Morgan fingerprint density at radius 2 is 1.81 bits per heavy atom. The van der Waals surface area contributed by atoms with E-state index < -0.39 is 0 Å². The van der Waals surface area contributed by atoms with Gasteiger partial charge in [-0.05, 0) is 55.7 Å². The van der Waals surface area contributed by atoms with Gasteiger partial charge in [-0.15, -0.1) is 11.8 Å². The highest BCUT2D eigenvalue weighted by molar-refractivity contribution is 8.03. The van der Waals surface area contributed by atoms with Crippen molar-refractivity contribution >= 4 is 34.8 Å². The molecule has 1 aromatic heterocycles. The molecule has 3 aromatic rings. The lowest BCUT2D eigenvalue weighted by Gasteiger charge is -2.19. The lowest BCUT2D eigenvalue weighted by atomic mass is 9.98. The minimum absolute atomic E-state index is 0.337. The maximum atomic E-state index is 13.7. The molecule has 0 atom stereocenters. The minimum atomic E-state index is -0.339. The van der Waals surface area contributed by atoms with Crippen molar-refractivity contribution in [1.29, 1.82) is 0 Å². The van der Waals surface area contributed by atoms with E-state index in [0.29, 0.717) is 34.3 Å². The van der Waals surface area contributed by atoms with Gasteiger partial charge in [0, 0.05) is 0 Å². The van der Waals surface area contributed by atoms with Crippen LogP contribution in [0.1, 0.15) is 35.8 Å². The number of hydrogen-bond acceptors (Lipinski definition) is 5.